The van der Waals surface area contributed by atoms with E-state index in [4.69, 9.17) is 11.6 Å². The first kappa shape index (κ1) is 21.2. The average Bonchev–Trinajstić information content (AvgIpc) is 2.86. The second kappa shape index (κ2) is 6.22. The molecular weight excluding hydrogens is 399 g/mol. The number of hydrogen-bond acceptors (Lipinski definition) is 5. The minimum Gasteiger partial charge on any atom is -0.391 e. The predicted molar refractivity (Wildman–Crippen MR) is 105 cm³/mol. The highest BCUT2D eigenvalue weighted by Gasteiger charge is 2.75. The van der Waals surface area contributed by atoms with E-state index in [1.165, 1.54) is 12.2 Å². The molecule has 3 fully saturated rings. The van der Waals surface area contributed by atoms with E-state index < -0.39 is 57.8 Å². The summed E-state index contributed by atoms with van der Waals surface area (Å²) in [5.74, 6) is -2.27. The highest BCUT2D eigenvalue weighted by molar-refractivity contribution is 6.26. The first-order chi connectivity index (χ1) is 13.4. The zero-order valence-electron chi connectivity index (χ0n) is 16.9. The number of alkyl halides is 2. The van der Waals surface area contributed by atoms with E-state index in [-0.39, 0.29) is 30.1 Å². The number of fused-ring (bicyclic) bond motifs is 5. The van der Waals surface area contributed by atoms with E-state index in [0.29, 0.717) is 6.42 Å². The highest BCUT2D eigenvalue weighted by Crippen LogP contribution is 2.71. The molecule has 3 N–H and O–H groups in total. The Balaban J connectivity index is 1.87. The lowest BCUT2D eigenvalue weighted by Gasteiger charge is -2.64. The van der Waals surface area contributed by atoms with Crippen molar-refractivity contribution in [2.75, 3.05) is 6.61 Å². The zero-order valence-corrected chi connectivity index (χ0v) is 17.6. The molecule has 0 spiro atoms. The summed E-state index contributed by atoms with van der Waals surface area (Å²) in [6.45, 7) is 4.46. The molecular formula is C22H28ClFO5. The Labute approximate surface area is 174 Å². The summed E-state index contributed by atoms with van der Waals surface area (Å²) in [5, 5.41) is 32.3. The van der Waals surface area contributed by atoms with Gasteiger partial charge in [-0.1, -0.05) is 26.8 Å². The molecule has 4 aliphatic rings. The van der Waals surface area contributed by atoms with Gasteiger partial charge in [-0.2, -0.15) is 0 Å². The van der Waals surface area contributed by atoms with E-state index in [1.54, 1.807) is 26.8 Å². The standard InChI is InChI=1S/C22H28ClFO5/c1-11-6-13-14-8-16(24)15-7-12(26)4-5-19(15,2)21(14,23)17(27)9-20(13,3)22(11,29)18(28)10-25/h4-5,7,11,13-14,16-17,25,27,29H,6,8-10H2,1-3H3/t11-,13+,14+,16+,17?,19+,20+,21+,22+/m1/s1. The maximum atomic E-state index is 15.3. The van der Waals surface area contributed by atoms with Gasteiger partial charge >= 0.3 is 0 Å². The first-order valence-corrected chi connectivity index (χ1v) is 10.6. The SMILES string of the molecule is C[C@@H]1C[C@H]2[C@@H]3C[C@H](F)C4=CC(=O)C=C[C@]4(C)[C@@]3(Cl)C(O)C[C@]2(C)[C@@]1(O)C(=O)CO. The Kier molecular flexibility index (Phi) is 4.54. The van der Waals surface area contributed by atoms with E-state index in [0.717, 1.165) is 0 Å². The molecule has 4 rings (SSSR count). The van der Waals surface area contributed by atoms with Crippen molar-refractivity contribution in [1.82, 2.24) is 0 Å². The largest absolute Gasteiger partial charge is 0.391 e. The molecule has 3 saturated carbocycles. The molecule has 5 nitrogen and oxygen atoms in total. The number of allylic oxidation sites excluding steroid dienone is 4. The summed E-state index contributed by atoms with van der Waals surface area (Å²) >= 11 is 7.20. The third kappa shape index (κ3) is 2.26. The van der Waals surface area contributed by atoms with E-state index in [2.05, 4.69) is 0 Å². The minimum absolute atomic E-state index is 0.0134. The lowest BCUT2D eigenvalue weighted by atomic mass is 9.45. The van der Waals surface area contributed by atoms with Gasteiger partial charge in [-0.15, -0.1) is 11.6 Å². The lowest BCUT2D eigenvalue weighted by Crippen LogP contribution is -2.70. The maximum Gasteiger partial charge on any atom is 0.190 e. The van der Waals surface area contributed by atoms with Gasteiger partial charge in [0, 0.05) is 10.8 Å². The normalized spacial score (nSPS) is 53.7. The van der Waals surface area contributed by atoms with Gasteiger partial charge in [0.15, 0.2) is 11.6 Å². The van der Waals surface area contributed by atoms with Crippen LogP contribution in [0.1, 0.15) is 40.0 Å². The number of carbonyl (C=O) groups is 2. The third-order valence-corrected chi connectivity index (χ3v) is 9.70. The molecule has 0 aromatic carbocycles. The second-order valence-electron chi connectivity index (χ2n) is 9.84. The average molecular weight is 427 g/mol. The van der Waals surface area contributed by atoms with Crippen LogP contribution < -0.4 is 0 Å². The quantitative estimate of drug-likeness (QED) is 0.588. The van der Waals surface area contributed by atoms with Crippen molar-refractivity contribution in [3.8, 4) is 0 Å². The van der Waals surface area contributed by atoms with Crippen LogP contribution in [0.4, 0.5) is 4.39 Å². The van der Waals surface area contributed by atoms with Crippen molar-refractivity contribution in [1.29, 1.82) is 0 Å². The number of Topliss-reactive ketones (excluding diaryl/α,β-unsaturated/α-hetero) is 1. The number of ketones is 2. The summed E-state index contributed by atoms with van der Waals surface area (Å²) in [6.07, 6.45) is 2.21. The minimum atomic E-state index is -1.81. The first-order valence-electron chi connectivity index (χ1n) is 10.2. The van der Waals surface area contributed by atoms with Crippen molar-refractivity contribution in [3.05, 3.63) is 23.8 Å². The van der Waals surface area contributed by atoms with Crippen LogP contribution in [0.25, 0.3) is 0 Å². The van der Waals surface area contributed by atoms with Crippen LogP contribution in [0.2, 0.25) is 0 Å². The fraction of sp³-hybridized carbons (Fsp3) is 0.727. The summed E-state index contributed by atoms with van der Waals surface area (Å²) in [6, 6.07) is 0. The number of halogens is 2. The number of aliphatic hydroxyl groups is 3. The molecule has 1 unspecified atom stereocenters. The summed E-state index contributed by atoms with van der Waals surface area (Å²) in [7, 11) is 0. The van der Waals surface area contributed by atoms with Crippen LogP contribution >= 0.6 is 11.6 Å². The summed E-state index contributed by atoms with van der Waals surface area (Å²) < 4.78 is 15.3. The molecule has 0 heterocycles. The smallest absolute Gasteiger partial charge is 0.190 e. The van der Waals surface area contributed by atoms with Gasteiger partial charge in [0.1, 0.15) is 18.4 Å². The Morgan fingerprint density at radius 3 is 2.59 bits per heavy atom. The van der Waals surface area contributed by atoms with Crippen LogP contribution in [0.3, 0.4) is 0 Å². The van der Waals surface area contributed by atoms with Gasteiger partial charge in [-0.25, -0.2) is 4.39 Å². The number of hydrogen-bond donors (Lipinski definition) is 3. The Hall–Kier alpha value is -1.08. The number of rotatable bonds is 2. The van der Waals surface area contributed by atoms with Gasteiger partial charge in [0.05, 0.1) is 11.0 Å². The monoisotopic (exact) mass is 426 g/mol. The van der Waals surface area contributed by atoms with Crippen LogP contribution in [0.5, 0.6) is 0 Å². The van der Waals surface area contributed by atoms with Crippen LogP contribution in [0.15, 0.2) is 23.8 Å². The molecule has 0 amide bonds. The van der Waals surface area contributed by atoms with Gasteiger partial charge in [-0.3, -0.25) is 9.59 Å². The molecule has 160 valence electrons. The number of aliphatic hydroxyl groups excluding tert-OH is 2. The van der Waals surface area contributed by atoms with Gasteiger partial charge in [0.2, 0.25) is 0 Å². The Bertz CT molecular complexity index is 841. The fourth-order valence-electron chi connectivity index (χ4n) is 7.25. The van der Waals surface area contributed by atoms with Crippen molar-refractivity contribution < 1.29 is 29.3 Å². The lowest BCUT2D eigenvalue weighted by molar-refractivity contribution is -0.181. The van der Waals surface area contributed by atoms with E-state index in [9.17, 15) is 24.9 Å². The van der Waals surface area contributed by atoms with E-state index >= 15 is 4.39 Å². The van der Waals surface area contributed by atoms with E-state index in [1.807, 2.05) is 0 Å². The van der Waals surface area contributed by atoms with Crippen LogP contribution in [-0.2, 0) is 9.59 Å². The van der Waals surface area contributed by atoms with Gasteiger partial charge in [0.25, 0.3) is 0 Å². The van der Waals surface area contributed by atoms with Crippen molar-refractivity contribution in [3.63, 3.8) is 0 Å². The second-order valence-corrected chi connectivity index (χ2v) is 10.5. The molecule has 0 bridgehead atoms. The molecule has 7 heteroatoms. The topological polar surface area (TPSA) is 94.8 Å². The zero-order chi connectivity index (χ0) is 21.6. The van der Waals surface area contributed by atoms with Crippen LogP contribution in [0, 0.1) is 28.6 Å². The molecule has 0 saturated heterocycles. The Morgan fingerprint density at radius 2 is 1.97 bits per heavy atom. The maximum absolute atomic E-state index is 15.3. The fourth-order valence-corrected chi connectivity index (χ4v) is 7.74. The number of carbonyl (C=O) groups excluding carboxylic acids is 2. The van der Waals surface area contributed by atoms with Crippen LogP contribution in [-0.4, -0.2) is 56.2 Å². The van der Waals surface area contributed by atoms with Crippen molar-refractivity contribution in [2.24, 2.45) is 28.6 Å². The van der Waals surface area contributed by atoms with Crippen molar-refractivity contribution >= 4 is 23.2 Å². The molecule has 0 radical (unpaired) electrons. The summed E-state index contributed by atoms with van der Waals surface area (Å²) in [4.78, 5) is 23.2. The highest BCUT2D eigenvalue weighted by atomic mass is 35.5. The molecule has 0 aromatic heterocycles. The third-order valence-electron chi connectivity index (χ3n) is 8.78. The molecule has 0 aromatic rings. The Morgan fingerprint density at radius 1 is 1.31 bits per heavy atom. The van der Waals surface area contributed by atoms with Gasteiger partial charge in [-0.05, 0) is 54.7 Å². The molecule has 4 aliphatic carbocycles. The molecule has 29 heavy (non-hydrogen) atoms. The molecule has 0 aliphatic heterocycles. The summed E-state index contributed by atoms with van der Waals surface area (Å²) in [5.41, 5.74) is -3.63. The van der Waals surface area contributed by atoms with Gasteiger partial charge < -0.3 is 15.3 Å². The van der Waals surface area contributed by atoms with Crippen molar-refractivity contribution in [2.45, 2.75) is 62.8 Å². The molecule has 9 atom stereocenters. The predicted octanol–water partition coefficient (Wildman–Crippen LogP) is 2.11.